The molecule has 1 aromatic heterocycles. The van der Waals surface area contributed by atoms with Crippen molar-refractivity contribution >= 4 is 11.9 Å². The van der Waals surface area contributed by atoms with Gasteiger partial charge in [0.15, 0.2) is 0 Å². The standard InChI is InChI=1S/C16H28N6O/c1-17-6-2-5-15(23)18-9-4-10-21-11-13-22(14-12-21)16-19-7-3-8-20-16/h3,7-8,17H,2,4-6,9-14H2,1H3,(H,18,23). The molecular formula is C16H28N6O. The quantitative estimate of drug-likeness (QED) is 0.629. The van der Waals surface area contributed by atoms with E-state index < -0.39 is 0 Å². The minimum Gasteiger partial charge on any atom is -0.356 e. The Hall–Kier alpha value is -1.73. The van der Waals surface area contributed by atoms with Gasteiger partial charge >= 0.3 is 0 Å². The number of nitrogens with zero attached hydrogens (tertiary/aromatic N) is 4. The van der Waals surface area contributed by atoms with Gasteiger partial charge in [-0.25, -0.2) is 9.97 Å². The number of carbonyl (C=O) groups excluding carboxylic acids is 1. The lowest BCUT2D eigenvalue weighted by atomic mass is 10.2. The molecule has 0 radical (unpaired) electrons. The number of aromatic nitrogens is 2. The van der Waals surface area contributed by atoms with Crippen molar-refractivity contribution < 1.29 is 4.79 Å². The molecule has 0 atom stereocenters. The second-order valence-corrected chi connectivity index (χ2v) is 5.79. The molecule has 23 heavy (non-hydrogen) atoms. The summed E-state index contributed by atoms with van der Waals surface area (Å²) in [4.78, 5) is 24.8. The van der Waals surface area contributed by atoms with Gasteiger partial charge in [-0.05, 0) is 39.0 Å². The summed E-state index contributed by atoms with van der Waals surface area (Å²) in [5.41, 5.74) is 0. The molecule has 1 amide bonds. The second kappa shape index (κ2) is 10.1. The Labute approximate surface area is 138 Å². The van der Waals surface area contributed by atoms with Gasteiger partial charge in [-0.15, -0.1) is 0 Å². The smallest absolute Gasteiger partial charge is 0.225 e. The largest absolute Gasteiger partial charge is 0.356 e. The summed E-state index contributed by atoms with van der Waals surface area (Å²) < 4.78 is 0. The molecule has 1 aromatic rings. The Morgan fingerprint density at radius 3 is 2.57 bits per heavy atom. The van der Waals surface area contributed by atoms with Crippen molar-refractivity contribution in [2.24, 2.45) is 0 Å². The molecule has 0 unspecified atom stereocenters. The number of rotatable bonds is 9. The van der Waals surface area contributed by atoms with Gasteiger partial charge < -0.3 is 15.5 Å². The third-order valence-corrected chi connectivity index (χ3v) is 4.01. The van der Waals surface area contributed by atoms with E-state index in [0.29, 0.717) is 6.42 Å². The highest BCUT2D eigenvalue weighted by molar-refractivity contribution is 5.75. The number of amides is 1. The predicted octanol–water partition coefficient (Wildman–Crippen LogP) is 0.105. The molecule has 2 rings (SSSR count). The Bertz CT molecular complexity index is 447. The highest BCUT2D eigenvalue weighted by Crippen LogP contribution is 2.09. The molecule has 0 saturated carbocycles. The highest BCUT2D eigenvalue weighted by Gasteiger charge is 2.18. The fourth-order valence-corrected chi connectivity index (χ4v) is 2.67. The van der Waals surface area contributed by atoms with Crippen LogP contribution in [0.4, 0.5) is 5.95 Å². The zero-order valence-corrected chi connectivity index (χ0v) is 14.0. The van der Waals surface area contributed by atoms with Gasteiger partial charge in [-0.3, -0.25) is 9.69 Å². The van der Waals surface area contributed by atoms with Crippen molar-refractivity contribution in [3.63, 3.8) is 0 Å². The average molecular weight is 320 g/mol. The van der Waals surface area contributed by atoms with E-state index in [2.05, 4.69) is 30.4 Å². The summed E-state index contributed by atoms with van der Waals surface area (Å²) in [5, 5.41) is 6.04. The van der Waals surface area contributed by atoms with Gasteiger partial charge in [0.25, 0.3) is 0 Å². The molecule has 0 aromatic carbocycles. The molecule has 128 valence electrons. The lowest BCUT2D eigenvalue weighted by Crippen LogP contribution is -2.47. The van der Waals surface area contributed by atoms with E-state index in [1.807, 2.05) is 13.1 Å². The molecule has 1 saturated heterocycles. The van der Waals surface area contributed by atoms with Gasteiger partial charge in [0, 0.05) is 51.5 Å². The molecule has 7 nitrogen and oxygen atoms in total. The maximum absolute atomic E-state index is 11.6. The van der Waals surface area contributed by atoms with Crippen molar-refractivity contribution in [2.75, 3.05) is 57.8 Å². The SMILES string of the molecule is CNCCCC(=O)NCCCN1CCN(c2ncccn2)CC1. The van der Waals surface area contributed by atoms with Crippen LogP contribution in [0.1, 0.15) is 19.3 Å². The van der Waals surface area contributed by atoms with Gasteiger partial charge in [0.05, 0.1) is 0 Å². The van der Waals surface area contributed by atoms with E-state index in [1.165, 1.54) is 0 Å². The molecule has 0 spiro atoms. The van der Waals surface area contributed by atoms with Crippen molar-refractivity contribution in [2.45, 2.75) is 19.3 Å². The van der Waals surface area contributed by atoms with E-state index in [-0.39, 0.29) is 5.91 Å². The summed E-state index contributed by atoms with van der Waals surface area (Å²) >= 11 is 0. The predicted molar refractivity (Wildman–Crippen MR) is 91.5 cm³/mol. The number of hydrogen-bond acceptors (Lipinski definition) is 6. The van der Waals surface area contributed by atoms with Crippen LogP contribution in [0, 0.1) is 0 Å². The second-order valence-electron chi connectivity index (χ2n) is 5.79. The zero-order chi connectivity index (χ0) is 16.3. The fourth-order valence-electron chi connectivity index (χ4n) is 2.67. The molecule has 0 aliphatic carbocycles. The number of nitrogens with one attached hydrogen (secondary N) is 2. The van der Waals surface area contributed by atoms with Gasteiger partial charge in [0.1, 0.15) is 0 Å². The molecule has 1 aliphatic heterocycles. The van der Waals surface area contributed by atoms with Crippen LogP contribution in [0.25, 0.3) is 0 Å². The van der Waals surface area contributed by atoms with Crippen LogP contribution in [-0.4, -0.2) is 73.6 Å². The molecular weight excluding hydrogens is 292 g/mol. The van der Waals surface area contributed by atoms with E-state index >= 15 is 0 Å². The lowest BCUT2D eigenvalue weighted by Gasteiger charge is -2.34. The van der Waals surface area contributed by atoms with Crippen molar-refractivity contribution in [1.29, 1.82) is 0 Å². The van der Waals surface area contributed by atoms with E-state index in [4.69, 9.17) is 0 Å². The summed E-state index contributed by atoms with van der Waals surface area (Å²) in [6.07, 6.45) is 6.07. The molecule has 2 N–H and O–H groups in total. The number of anilines is 1. The summed E-state index contributed by atoms with van der Waals surface area (Å²) in [5.74, 6) is 0.979. The van der Waals surface area contributed by atoms with Gasteiger partial charge in [-0.2, -0.15) is 0 Å². The highest BCUT2D eigenvalue weighted by atomic mass is 16.1. The minimum atomic E-state index is 0.159. The van der Waals surface area contributed by atoms with Crippen molar-refractivity contribution in [1.82, 2.24) is 25.5 Å². The first kappa shape index (κ1) is 17.6. The van der Waals surface area contributed by atoms with Crippen LogP contribution >= 0.6 is 0 Å². The number of piperazine rings is 1. The van der Waals surface area contributed by atoms with Crippen LogP contribution in [0.5, 0.6) is 0 Å². The third kappa shape index (κ3) is 6.50. The monoisotopic (exact) mass is 320 g/mol. The molecule has 2 heterocycles. The normalized spacial score (nSPS) is 15.6. The van der Waals surface area contributed by atoms with Crippen LogP contribution in [0.3, 0.4) is 0 Å². The van der Waals surface area contributed by atoms with Crippen LogP contribution in [0.2, 0.25) is 0 Å². The number of hydrogen-bond donors (Lipinski definition) is 2. The maximum Gasteiger partial charge on any atom is 0.225 e. The van der Waals surface area contributed by atoms with E-state index in [0.717, 1.165) is 64.6 Å². The lowest BCUT2D eigenvalue weighted by molar-refractivity contribution is -0.121. The Kier molecular flexibility index (Phi) is 7.75. The topological polar surface area (TPSA) is 73.4 Å². The van der Waals surface area contributed by atoms with Crippen LogP contribution < -0.4 is 15.5 Å². The van der Waals surface area contributed by atoms with Gasteiger partial charge in [0.2, 0.25) is 11.9 Å². The summed E-state index contributed by atoms with van der Waals surface area (Å²) in [7, 11) is 1.90. The van der Waals surface area contributed by atoms with Crippen LogP contribution in [0.15, 0.2) is 18.5 Å². The zero-order valence-electron chi connectivity index (χ0n) is 14.0. The summed E-state index contributed by atoms with van der Waals surface area (Å²) in [6.45, 7) is 6.65. The summed E-state index contributed by atoms with van der Waals surface area (Å²) in [6, 6.07) is 1.84. The van der Waals surface area contributed by atoms with Crippen molar-refractivity contribution in [3.8, 4) is 0 Å². The minimum absolute atomic E-state index is 0.159. The first-order valence-corrected chi connectivity index (χ1v) is 8.45. The number of carbonyl (C=O) groups is 1. The fraction of sp³-hybridized carbons (Fsp3) is 0.688. The Balaban J connectivity index is 1.54. The van der Waals surface area contributed by atoms with Gasteiger partial charge in [-0.1, -0.05) is 0 Å². The van der Waals surface area contributed by atoms with E-state index in [9.17, 15) is 4.79 Å². The third-order valence-electron chi connectivity index (χ3n) is 4.01. The van der Waals surface area contributed by atoms with Crippen molar-refractivity contribution in [3.05, 3.63) is 18.5 Å². The molecule has 7 heteroatoms. The van der Waals surface area contributed by atoms with E-state index in [1.54, 1.807) is 12.4 Å². The van der Waals surface area contributed by atoms with Crippen LogP contribution in [-0.2, 0) is 4.79 Å². The Morgan fingerprint density at radius 1 is 1.13 bits per heavy atom. The first-order chi connectivity index (χ1) is 11.3. The Morgan fingerprint density at radius 2 is 1.87 bits per heavy atom. The molecule has 1 fully saturated rings. The molecule has 0 bridgehead atoms. The average Bonchev–Trinajstić information content (AvgIpc) is 2.60. The maximum atomic E-state index is 11.6. The molecule has 1 aliphatic rings. The first-order valence-electron chi connectivity index (χ1n) is 8.45.